The number of aliphatic hydroxyl groups is 1. The number of hydrogen-bond acceptors (Lipinski definition) is 2. The van der Waals surface area contributed by atoms with E-state index in [4.69, 9.17) is 17.3 Å². The van der Waals surface area contributed by atoms with Crippen LogP contribution < -0.4 is 5.73 Å². The smallest absolute Gasteiger partial charge is 0.0662 e. The highest BCUT2D eigenvalue weighted by molar-refractivity contribution is 6.31. The molecule has 1 rings (SSSR count). The maximum Gasteiger partial charge on any atom is 0.0662 e. The number of aryl methyl sites for hydroxylation is 1. The minimum Gasteiger partial charge on any atom is -0.392 e. The van der Waals surface area contributed by atoms with E-state index in [0.29, 0.717) is 6.54 Å². The van der Waals surface area contributed by atoms with E-state index in [9.17, 15) is 5.11 Å². The van der Waals surface area contributed by atoms with Gasteiger partial charge in [0.2, 0.25) is 0 Å². The lowest BCUT2D eigenvalue weighted by Gasteiger charge is -2.07. The van der Waals surface area contributed by atoms with Crippen LogP contribution in [0.1, 0.15) is 18.4 Å². The van der Waals surface area contributed by atoms with Gasteiger partial charge in [0.15, 0.2) is 0 Å². The van der Waals surface area contributed by atoms with Crippen LogP contribution in [0, 0.1) is 0 Å². The predicted molar refractivity (Wildman–Crippen MR) is 59.5 cm³/mol. The molecule has 0 saturated carbocycles. The second-order valence-electron chi connectivity index (χ2n) is 3.37. The standard InChI is InChI=1S/C11H16ClNO/c12-11-7-2-1-4-9(11)5-3-6-10(14)8-13/h1-2,4,7,10,14H,3,5-6,8,13H2. The number of benzene rings is 1. The number of hydrogen-bond donors (Lipinski definition) is 2. The third kappa shape index (κ3) is 3.66. The van der Waals surface area contributed by atoms with Gasteiger partial charge >= 0.3 is 0 Å². The molecular weight excluding hydrogens is 198 g/mol. The molecule has 1 aromatic carbocycles. The molecule has 3 N–H and O–H groups in total. The molecule has 0 aliphatic carbocycles. The Hall–Kier alpha value is -0.570. The van der Waals surface area contributed by atoms with Crippen LogP contribution in [0.2, 0.25) is 5.02 Å². The molecular formula is C11H16ClNO. The summed E-state index contributed by atoms with van der Waals surface area (Å²) in [6.45, 7) is 0.336. The Labute approximate surface area is 89.7 Å². The van der Waals surface area contributed by atoms with Crippen LogP contribution in [0.15, 0.2) is 24.3 Å². The largest absolute Gasteiger partial charge is 0.392 e. The summed E-state index contributed by atoms with van der Waals surface area (Å²) in [7, 11) is 0. The highest BCUT2D eigenvalue weighted by Gasteiger charge is 2.02. The van der Waals surface area contributed by atoms with Gasteiger partial charge < -0.3 is 10.8 Å². The number of rotatable bonds is 5. The fourth-order valence-electron chi connectivity index (χ4n) is 1.35. The molecule has 0 heterocycles. The molecule has 1 unspecified atom stereocenters. The van der Waals surface area contributed by atoms with Crippen LogP contribution in [0.25, 0.3) is 0 Å². The van der Waals surface area contributed by atoms with Gasteiger partial charge in [-0.15, -0.1) is 0 Å². The summed E-state index contributed by atoms with van der Waals surface area (Å²) in [5, 5.41) is 10.0. The Morgan fingerprint density at radius 1 is 1.36 bits per heavy atom. The zero-order valence-corrected chi connectivity index (χ0v) is 8.87. The maximum atomic E-state index is 9.25. The lowest BCUT2D eigenvalue weighted by Crippen LogP contribution is -2.19. The third-order valence-corrected chi connectivity index (χ3v) is 2.58. The summed E-state index contributed by atoms with van der Waals surface area (Å²) in [6.07, 6.45) is 2.18. The molecule has 0 radical (unpaired) electrons. The average Bonchev–Trinajstić information content (AvgIpc) is 2.20. The van der Waals surface area contributed by atoms with Crippen molar-refractivity contribution in [2.75, 3.05) is 6.54 Å². The summed E-state index contributed by atoms with van der Waals surface area (Å²) >= 11 is 5.99. The minimum atomic E-state index is -0.377. The van der Waals surface area contributed by atoms with Crippen LogP contribution in [-0.4, -0.2) is 17.8 Å². The van der Waals surface area contributed by atoms with Gasteiger partial charge in [-0.1, -0.05) is 29.8 Å². The van der Waals surface area contributed by atoms with Gasteiger partial charge in [0.1, 0.15) is 0 Å². The second kappa shape index (κ2) is 6.02. The van der Waals surface area contributed by atoms with Crippen LogP contribution in [-0.2, 0) is 6.42 Å². The number of nitrogens with two attached hydrogens (primary N) is 1. The quantitative estimate of drug-likeness (QED) is 0.786. The van der Waals surface area contributed by atoms with Crippen LogP contribution in [0.4, 0.5) is 0 Å². The molecule has 0 fully saturated rings. The topological polar surface area (TPSA) is 46.2 Å². The van der Waals surface area contributed by atoms with Crippen LogP contribution >= 0.6 is 11.6 Å². The lowest BCUT2D eigenvalue weighted by molar-refractivity contribution is 0.170. The van der Waals surface area contributed by atoms with E-state index in [1.165, 1.54) is 0 Å². The van der Waals surface area contributed by atoms with Crippen molar-refractivity contribution in [2.24, 2.45) is 5.73 Å². The van der Waals surface area contributed by atoms with Crippen molar-refractivity contribution < 1.29 is 5.11 Å². The summed E-state index contributed by atoms with van der Waals surface area (Å²) in [5.74, 6) is 0. The molecule has 0 bridgehead atoms. The van der Waals surface area contributed by atoms with E-state index in [-0.39, 0.29) is 6.10 Å². The first-order chi connectivity index (χ1) is 6.74. The summed E-state index contributed by atoms with van der Waals surface area (Å²) in [4.78, 5) is 0. The highest BCUT2D eigenvalue weighted by Crippen LogP contribution is 2.17. The Morgan fingerprint density at radius 2 is 2.07 bits per heavy atom. The SMILES string of the molecule is NCC(O)CCCc1ccccc1Cl. The Bertz CT molecular complexity index is 278. The van der Waals surface area contributed by atoms with Gasteiger partial charge in [0, 0.05) is 11.6 Å². The van der Waals surface area contributed by atoms with E-state index >= 15 is 0 Å². The van der Waals surface area contributed by atoms with Crippen molar-refractivity contribution in [3.05, 3.63) is 34.9 Å². The molecule has 0 saturated heterocycles. The van der Waals surface area contributed by atoms with Crippen molar-refractivity contribution >= 4 is 11.6 Å². The van der Waals surface area contributed by atoms with Crippen molar-refractivity contribution in [2.45, 2.75) is 25.4 Å². The van der Waals surface area contributed by atoms with Crippen LogP contribution in [0.5, 0.6) is 0 Å². The second-order valence-corrected chi connectivity index (χ2v) is 3.78. The molecule has 78 valence electrons. The fourth-order valence-corrected chi connectivity index (χ4v) is 1.58. The van der Waals surface area contributed by atoms with Gasteiger partial charge in [-0.3, -0.25) is 0 Å². The zero-order chi connectivity index (χ0) is 10.4. The Kier molecular flexibility index (Phi) is 4.94. The van der Waals surface area contributed by atoms with Crippen molar-refractivity contribution in [3.63, 3.8) is 0 Å². The molecule has 0 aliphatic heterocycles. The lowest BCUT2D eigenvalue weighted by atomic mass is 10.1. The van der Waals surface area contributed by atoms with Gasteiger partial charge in [0.05, 0.1) is 6.10 Å². The van der Waals surface area contributed by atoms with E-state index in [1.54, 1.807) is 0 Å². The van der Waals surface area contributed by atoms with Gasteiger partial charge in [-0.2, -0.15) is 0 Å². The Balaban J connectivity index is 2.35. The molecule has 1 atom stereocenters. The summed E-state index contributed by atoms with van der Waals surface area (Å²) in [6, 6.07) is 7.79. The first-order valence-corrected chi connectivity index (χ1v) is 5.23. The highest BCUT2D eigenvalue weighted by atomic mass is 35.5. The Morgan fingerprint density at radius 3 is 2.71 bits per heavy atom. The molecule has 0 aromatic heterocycles. The fraction of sp³-hybridized carbons (Fsp3) is 0.455. The normalized spacial score (nSPS) is 12.8. The van der Waals surface area contributed by atoms with E-state index in [1.807, 2.05) is 24.3 Å². The molecule has 3 heteroatoms. The maximum absolute atomic E-state index is 9.25. The van der Waals surface area contributed by atoms with Crippen molar-refractivity contribution in [3.8, 4) is 0 Å². The summed E-state index contributed by atoms with van der Waals surface area (Å²) < 4.78 is 0. The molecule has 0 amide bonds. The van der Waals surface area contributed by atoms with Gasteiger partial charge in [0.25, 0.3) is 0 Å². The predicted octanol–water partition coefficient (Wildman–Crippen LogP) is 1.98. The van der Waals surface area contributed by atoms with Crippen molar-refractivity contribution in [1.82, 2.24) is 0 Å². The number of aliphatic hydroxyl groups excluding tert-OH is 1. The van der Waals surface area contributed by atoms with E-state index < -0.39 is 0 Å². The monoisotopic (exact) mass is 213 g/mol. The average molecular weight is 214 g/mol. The molecule has 14 heavy (non-hydrogen) atoms. The van der Waals surface area contributed by atoms with Gasteiger partial charge in [-0.05, 0) is 30.9 Å². The third-order valence-electron chi connectivity index (χ3n) is 2.21. The zero-order valence-electron chi connectivity index (χ0n) is 8.12. The summed E-state index contributed by atoms with van der Waals surface area (Å²) in [5.41, 5.74) is 6.44. The van der Waals surface area contributed by atoms with Crippen LogP contribution in [0.3, 0.4) is 0 Å². The minimum absolute atomic E-state index is 0.336. The van der Waals surface area contributed by atoms with E-state index in [0.717, 1.165) is 29.8 Å². The molecule has 1 aromatic rings. The first kappa shape index (κ1) is 11.5. The number of halogens is 1. The molecule has 0 spiro atoms. The van der Waals surface area contributed by atoms with E-state index in [2.05, 4.69) is 0 Å². The molecule has 2 nitrogen and oxygen atoms in total. The van der Waals surface area contributed by atoms with Gasteiger partial charge in [-0.25, -0.2) is 0 Å². The van der Waals surface area contributed by atoms with Crippen molar-refractivity contribution in [1.29, 1.82) is 0 Å². The molecule has 0 aliphatic rings. The first-order valence-electron chi connectivity index (χ1n) is 4.85.